The van der Waals surface area contributed by atoms with Crippen LogP contribution in [-0.2, 0) is 6.54 Å². The van der Waals surface area contributed by atoms with Gasteiger partial charge in [0.2, 0.25) is 0 Å². The topological polar surface area (TPSA) is 49.5 Å². The van der Waals surface area contributed by atoms with E-state index in [0.717, 1.165) is 25.9 Å². The average molecular weight is 238 g/mol. The maximum absolute atomic E-state index is 13.6. The Hall–Kier alpha value is -1.13. The van der Waals surface area contributed by atoms with E-state index in [1.54, 1.807) is 12.1 Å². The van der Waals surface area contributed by atoms with Gasteiger partial charge in [0.25, 0.3) is 0 Å². The summed E-state index contributed by atoms with van der Waals surface area (Å²) >= 11 is 0. The van der Waals surface area contributed by atoms with Gasteiger partial charge >= 0.3 is 0 Å². The second-order valence-electron chi connectivity index (χ2n) is 4.73. The average Bonchev–Trinajstić information content (AvgIpc) is 2.34. The lowest BCUT2D eigenvalue weighted by atomic mass is 9.98. The maximum Gasteiger partial charge on any atom is 0.129 e. The zero-order chi connectivity index (χ0) is 12.3. The van der Waals surface area contributed by atoms with Crippen LogP contribution in [0.15, 0.2) is 18.2 Å². The van der Waals surface area contributed by atoms with Crippen LogP contribution in [0.5, 0.6) is 0 Å². The quantitative estimate of drug-likeness (QED) is 0.787. The molecule has 94 valence electrons. The third-order valence-electron chi connectivity index (χ3n) is 3.40. The van der Waals surface area contributed by atoms with Crippen LogP contribution in [0.3, 0.4) is 0 Å². The molecule has 1 aliphatic rings. The molecule has 1 fully saturated rings. The summed E-state index contributed by atoms with van der Waals surface area (Å²) in [5.41, 5.74) is 6.88. The molecule has 1 atom stereocenters. The smallest absolute Gasteiger partial charge is 0.129 e. The first-order valence-electron chi connectivity index (χ1n) is 6.06. The van der Waals surface area contributed by atoms with Crippen molar-refractivity contribution in [2.45, 2.75) is 19.4 Å². The fraction of sp³-hybridized carbons (Fsp3) is 0.538. The van der Waals surface area contributed by atoms with E-state index in [1.165, 1.54) is 6.07 Å². The van der Waals surface area contributed by atoms with E-state index in [9.17, 15) is 4.39 Å². The summed E-state index contributed by atoms with van der Waals surface area (Å²) in [4.78, 5) is 2.17. The van der Waals surface area contributed by atoms with E-state index in [2.05, 4.69) is 4.90 Å². The molecule has 0 aromatic heterocycles. The Labute approximate surface area is 101 Å². The number of benzene rings is 1. The molecule has 1 aromatic rings. The lowest BCUT2D eigenvalue weighted by Gasteiger charge is -2.32. The Bertz CT molecular complexity index is 363. The highest BCUT2D eigenvalue weighted by atomic mass is 19.1. The Morgan fingerprint density at radius 3 is 3.00 bits per heavy atom. The van der Waals surface area contributed by atoms with E-state index < -0.39 is 0 Å². The van der Waals surface area contributed by atoms with Crippen LogP contribution < -0.4 is 5.73 Å². The van der Waals surface area contributed by atoms with Crippen molar-refractivity contribution < 1.29 is 9.50 Å². The molecule has 1 heterocycles. The van der Waals surface area contributed by atoms with E-state index in [4.69, 9.17) is 10.8 Å². The number of likely N-dealkylation sites (tertiary alicyclic amines) is 1. The number of piperidine rings is 1. The molecule has 3 nitrogen and oxygen atoms in total. The summed E-state index contributed by atoms with van der Waals surface area (Å²) in [6, 6.07) is 4.80. The van der Waals surface area contributed by atoms with Crippen molar-refractivity contribution in [2.24, 2.45) is 5.92 Å². The highest BCUT2D eigenvalue weighted by Gasteiger charge is 2.20. The SMILES string of the molecule is Nc1cccc(F)c1CN1CCCC(CO)C1. The highest BCUT2D eigenvalue weighted by molar-refractivity contribution is 5.47. The molecule has 1 saturated heterocycles. The second kappa shape index (κ2) is 5.47. The highest BCUT2D eigenvalue weighted by Crippen LogP contribution is 2.22. The van der Waals surface area contributed by atoms with Crippen LogP contribution in [0.2, 0.25) is 0 Å². The largest absolute Gasteiger partial charge is 0.398 e. The Morgan fingerprint density at radius 1 is 1.47 bits per heavy atom. The molecule has 0 saturated carbocycles. The van der Waals surface area contributed by atoms with Crippen LogP contribution in [0, 0.1) is 11.7 Å². The number of nitrogens with zero attached hydrogens (tertiary/aromatic N) is 1. The van der Waals surface area contributed by atoms with Crippen LogP contribution in [0.1, 0.15) is 18.4 Å². The van der Waals surface area contributed by atoms with Crippen molar-refractivity contribution in [3.63, 3.8) is 0 Å². The van der Waals surface area contributed by atoms with E-state index in [0.29, 0.717) is 23.7 Å². The number of hydrogen-bond donors (Lipinski definition) is 2. The van der Waals surface area contributed by atoms with Crippen LogP contribution in [0.25, 0.3) is 0 Å². The van der Waals surface area contributed by atoms with E-state index in [-0.39, 0.29) is 12.4 Å². The minimum absolute atomic E-state index is 0.212. The summed E-state index contributed by atoms with van der Waals surface area (Å²) in [6.07, 6.45) is 2.11. The molecule has 0 radical (unpaired) electrons. The summed E-state index contributed by atoms with van der Waals surface area (Å²) in [5.74, 6) is 0.0767. The maximum atomic E-state index is 13.6. The fourth-order valence-electron chi connectivity index (χ4n) is 2.41. The zero-order valence-electron chi connectivity index (χ0n) is 9.90. The van der Waals surface area contributed by atoms with Crippen molar-refractivity contribution in [1.29, 1.82) is 0 Å². The number of nitrogens with two attached hydrogens (primary N) is 1. The monoisotopic (exact) mass is 238 g/mol. The molecule has 1 unspecified atom stereocenters. The van der Waals surface area contributed by atoms with Gasteiger partial charge in [-0.3, -0.25) is 4.90 Å². The number of hydrogen-bond acceptors (Lipinski definition) is 3. The van der Waals surface area contributed by atoms with E-state index in [1.807, 2.05) is 0 Å². The first-order valence-corrected chi connectivity index (χ1v) is 6.06. The lowest BCUT2D eigenvalue weighted by molar-refractivity contribution is 0.115. The lowest BCUT2D eigenvalue weighted by Crippen LogP contribution is -2.36. The Balaban J connectivity index is 2.05. The number of aliphatic hydroxyl groups excluding tert-OH is 1. The third kappa shape index (κ3) is 2.96. The van der Waals surface area contributed by atoms with Gasteiger partial charge < -0.3 is 10.8 Å². The van der Waals surface area contributed by atoms with Crippen molar-refractivity contribution in [1.82, 2.24) is 4.90 Å². The molecule has 0 aliphatic carbocycles. The molecular formula is C13H19FN2O. The number of rotatable bonds is 3. The van der Waals surface area contributed by atoms with Gasteiger partial charge in [0.05, 0.1) is 0 Å². The first-order chi connectivity index (χ1) is 8.20. The van der Waals surface area contributed by atoms with Crippen molar-refractivity contribution >= 4 is 5.69 Å². The Morgan fingerprint density at radius 2 is 2.29 bits per heavy atom. The number of aliphatic hydroxyl groups is 1. The third-order valence-corrected chi connectivity index (χ3v) is 3.40. The first kappa shape index (κ1) is 12.3. The van der Waals surface area contributed by atoms with Gasteiger partial charge in [-0.25, -0.2) is 4.39 Å². The predicted octanol–water partition coefficient (Wildman–Crippen LogP) is 1.61. The summed E-state index contributed by atoms with van der Waals surface area (Å²) in [6.45, 7) is 2.52. The van der Waals surface area contributed by atoms with Gasteiger partial charge in [-0.2, -0.15) is 0 Å². The minimum atomic E-state index is -0.240. The Kier molecular flexibility index (Phi) is 3.97. The van der Waals surface area contributed by atoms with Gasteiger partial charge in [-0.15, -0.1) is 0 Å². The van der Waals surface area contributed by atoms with Crippen LogP contribution in [0.4, 0.5) is 10.1 Å². The molecule has 3 N–H and O–H groups in total. The molecule has 17 heavy (non-hydrogen) atoms. The standard InChI is InChI=1S/C13H19FN2O/c14-12-4-1-5-13(15)11(12)8-16-6-2-3-10(7-16)9-17/h1,4-5,10,17H,2-3,6-9,15H2. The fourth-order valence-corrected chi connectivity index (χ4v) is 2.41. The number of halogens is 1. The molecule has 1 aliphatic heterocycles. The molecule has 4 heteroatoms. The molecule has 1 aromatic carbocycles. The molecule has 2 rings (SSSR count). The van der Waals surface area contributed by atoms with Gasteiger partial charge in [0.15, 0.2) is 0 Å². The molecule has 0 amide bonds. The van der Waals surface area contributed by atoms with Gasteiger partial charge in [-0.1, -0.05) is 6.07 Å². The zero-order valence-corrected chi connectivity index (χ0v) is 9.90. The number of anilines is 1. The molecular weight excluding hydrogens is 219 g/mol. The minimum Gasteiger partial charge on any atom is -0.398 e. The number of nitrogen functional groups attached to an aromatic ring is 1. The summed E-state index contributed by atoms with van der Waals surface area (Å²) in [7, 11) is 0. The van der Waals surface area contributed by atoms with E-state index >= 15 is 0 Å². The van der Waals surface area contributed by atoms with Gasteiger partial charge in [-0.05, 0) is 37.4 Å². The predicted molar refractivity (Wildman–Crippen MR) is 65.9 cm³/mol. The summed E-state index contributed by atoms with van der Waals surface area (Å²) in [5, 5.41) is 9.16. The summed E-state index contributed by atoms with van der Waals surface area (Å²) < 4.78 is 13.6. The van der Waals surface area contributed by atoms with Crippen LogP contribution >= 0.6 is 0 Å². The normalized spacial score (nSPS) is 21.6. The van der Waals surface area contributed by atoms with Crippen molar-refractivity contribution in [3.8, 4) is 0 Å². The molecule has 0 spiro atoms. The van der Waals surface area contributed by atoms with Gasteiger partial charge in [0.1, 0.15) is 5.82 Å². The van der Waals surface area contributed by atoms with Crippen molar-refractivity contribution in [3.05, 3.63) is 29.6 Å². The second-order valence-corrected chi connectivity index (χ2v) is 4.73. The van der Waals surface area contributed by atoms with Crippen molar-refractivity contribution in [2.75, 3.05) is 25.4 Å². The molecule has 0 bridgehead atoms. The van der Waals surface area contributed by atoms with Gasteiger partial charge in [0, 0.05) is 30.9 Å². The van der Waals surface area contributed by atoms with Crippen LogP contribution in [-0.4, -0.2) is 29.7 Å².